The highest BCUT2D eigenvalue weighted by Gasteiger charge is 2.21. The highest BCUT2D eigenvalue weighted by Crippen LogP contribution is 2.44. The molecule has 0 atom stereocenters. The highest BCUT2D eigenvalue weighted by molar-refractivity contribution is 6.08. The number of benzene rings is 9. The molecule has 2 heterocycles. The van der Waals surface area contributed by atoms with Crippen molar-refractivity contribution in [3.63, 3.8) is 0 Å². The summed E-state index contributed by atoms with van der Waals surface area (Å²) in [5.41, 5.74) is 14.2. The molecule has 4 nitrogen and oxygen atoms in total. The van der Waals surface area contributed by atoms with E-state index < -0.39 is 0 Å². The van der Waals surface area contributed by atoms with Gasteiger partial charge >= 0.3 is 0 Å². The molecule has 4 heteroatoms. The molecule has 58 heavy (non-hydrogen) atoms. The predicted octanol–water partition coefficient (Wildman–Crippen LogP) is 15.8. The Morgan fingerprint density at radius 1 is 0.241 bits per heavy atom. The summed E-state index contributed by atoms with van der Waals surface area (Å²) in [6, 6.07) is 76.7. The zero-order valence-electron chi connectivity index (χ0n) is 31.5. The van der Waals surface area contributed by atoms with Crippen molar-refractivity contribution in [2.75, 3.05) is 9.80 Å². The summed E-state index contributed by atoms with van der Waals surface area (Å²) in [5, 5.41) is 4.33. The van der Waals surface area contributed by atoms with Gasteiger partial charge < -0.3 is 18.6 Å². The summed E-state index contributed by atoms with van der Waals surface area (Å²) in [4.78, 5) is 4.57. The van der Waals surface area contributed by atoms with Gasteiger partial charge in [-0.25, -0.2) is 0 Å². The van der Waals surface area contributed by atoms with Crippen molar-refractivity contribution in [3.8, 4) is 22.3 Å². The highest BCUT2D eigenvalue weighted by atomic mass is 16.3. The number of hydrogen-bond donors (Lipinski definition) is 0. The van der Waals surface area contributed by atoms with Gasteiger partial charge in [0.25, 0.3) is 0 Å². The van der Waals surface area contributed by atoms with Crippen molar-refractivity contribution in [2.24, 2.45) is 0 Å². The first-order valence-corrected chi connectivity index (χ1v) is 19.6. The summed E-state index contributed by atoms with van der Waals surface area (Å²) in [5.74, 6) is 0. The maximum absolute atomic E-state index is 6.79. The number of hydrogen-bond acceptors (Lipinski definition) is 4. The van der Waals surface area contributed by atoms with E-state index in [1.54, 1.807) is 0 Å². The Balaban J connectivity index is 1.08. The Kier molecular flexibility index (Phi) is 8.11. The largest absolute Gasteiger partial charge is 0.456 e. The van der Waals surface area contributed by atoms with Crippen LogP contribution in [0.5, 0.6) is 0 Å². The van der Waals surface area contributed by atoms with Crippen molar-refractivity contribution in [1.82, 2.24) is 0 Å². The number of furan rings is 2. The minimum Gasteiger partial charge on any atom is -0.456 e. The van der Waals surface area contributed by atoms with E-state index in [9.17, 15) is 0 Å². The minimum absolute atomic E-state index is 0.814. The zero-order valence-corrected chi connectivity index (χ0v) is 31.5. The second-order valence-corrected chi connectivity index (χ2v) is 14.5. The molecule has 2 aromatic heterocycles. The quantitative estimate of drug-likeness (QED) is 0.155. The van der Waals surface area contributed by atoms with Crippen LogP contribution < -0.4 is 9.80 Å². The number of nitrogens with zero attached hydrogens (tertiary/aromatic N) is 2. The summed E-state index contributed by atoms with van der Waals surface area (Å²) in [6.45, 7) is 0. The Labute approximate surface area is 336 Å². The Morgan fingerprint density at radius 2 is 0.603 bits per heavy atom. The first-order valence-electron chi connectivity index (χ1n) is 19.6. The second kappa shape index (κ2) is 14.0. The normalized spacial score (nSPS) is 11.4. The van der Waals surface area contributed by atoms with E-state index in [1.165, 1.54) is 11.1 Å². The molecule has 0 saturated carbocycles. The van der Waals surface area contributed by atoms with Gasteiger partial charge in [0.1, 0.15) is 22.3 Å². The van der Waals surface area contributed by atoms with Crippen LogP contribution in [-0.2, 0) is 0 Å². The molecule has 0 radical (unpaired) electrons. The third-order valence-corrected chi connectivity index (χ3v) is 11.0. The Morgan fingerprint density at radius 3 is 1.12 bits per heavy atom. The molecule has 9 aromatic carbocycles. The van der Waals surface area contributed by atoms with Crippen LogP contribution >= 0.6 is 0 Å². The van der Waals surface area contributed by atoms with Gasteiger partial charge in [0.15, 0.2) is 0 Å². The lowest BCUT2D eigenvalue weighted by atomic mass is 9.93. The summed E-state index contributed by atoms with van der Waals surface area (Å²) in [7, 11) is 0. The van der Waals surface area contributed by atoms with Gasteiger partial charge in [-0.2, -0.15) is 0 Å². The first kappa shape index (κ1) is 33.5. The van der Waals surface area contributed by atoms with Crippen molar-refractivity contribution >= 4 is 78.0 Å². The molecule has 0 spiro atoms. The molecule has 11 rings (SSSR count). The van der Waals surface area contributed by atoms with Gasteiger partial charge in [0.05, 0.1) is 0 Å². The van der Waals surface area contributed by atoms with E-state index in [0.29, 0.717) is 0 Å². The lowest BCUT2D eigenvalue weighted by Gasteiger charge is -2.27. The fraction of sp³-hybridized carbons (Fsp3) is 0. The van der Waals surface area contributed by atoms with Gasteiger partial charge in [-0.15, -0.1) is 0 Å². The SMILES string of the molecule is c1ccc(-c2ccc(N(c3ccc4c(c3)oc3ccccc34)c3ccc4c(c3)oc3cc(N(c5ccccc5)c5ccccc5)ccc34)cc2-c2ccccc2)cc1. The van der Waals surface area contributed by atoms with Crippen molar-refractivity contribution < 1.29 is 8.83 Å². The molecule has 0 N–H and O–H groups in total. The van der Waals surface area contributed by atoms with E-state index in [2.05, 4.69) is 204 Å². The smallest absolute Gasteiger partial charge is 0.137 e. The third-order valence-electron chi connectivity index (χ3n) is 11.0. The third kappa shape index (κ3) is 5.87. The number of para-hydroxylation sites is 3. The Hall–Kier alpha value is -7.82. The molecule has 274 valence electrons. The van der Waals surface area contributed by atoms with E-state index in [-0.39, 0.29) is 0 Å². The van der Waals surface area contributed by atoms with Crippen molar-refractivity contribution in [2.45, 2.75) is 0 Å². The van der Waals surface area contributed by atoms with Gasteiger partial charge in [0.2, 0.25) is 0 Å². The topological polar surface area (TPSA) is 32.8 Å². The molecule has 0 saturated heterocycles. The number of anilines is 6. The molecule has 0 bridgehead atoms. The lowest BCUT2D eigenvalue weighted by molar-refractivity contribution is 0.669. The van der Waals surface area contributed by atoms with Gasteiger partial charge in [-0.05, 0) is 101 Å². The van der Waals surface area contributed by atoms with E-state index in [0.717, 1.165) is 89.1 Å². The van der Waals surface area contributed by atoms with Crippen molar-refractivity contribution in [1.29, 1.82) is 0 Å². The standard InChI is InChI=1S/C54H36N2O2/c1-5-15-37(16-6-1)45-29-25-41(33-50(45)38-17-7-2-8-18-38)56(43-27-30-47-46-23-13-14-24-51(46)57-52(47)35-43)44-28-32-49-48-31-26-42(34-53(48)58-54(49)36-44)55(39-19-9-3-10-20-39)40-21-11-4-12-22-40/h1-36H. The van der Waals surface area contributed by atoms with Crippen LogP contribution in [0.4, 0.5) is 34.1 Å². The molecule has 11 aromatic rings. The summed E-state index contributed by atoms with van der Waals surface area (Å²) >= 11 is 0. The average molecular weight is 745 g/mol. The van der Waals surface area contributed by atoms with Crippen LogP contribution in [-0.4, -0.2) is 0 Å². The lowest BCUT2D eigenvalue weighted by Crippen LogP contribution is -2.10. The molecule has 0 fully saturated rings. The van der Waals surface area contributed by atoms with Gasteiger partial charge in [-0.3, -0.25) is 0 Å². The molecule has 0 aliphatic carbocycles. The van der Waals surface area contributed by atoms with E-state index in [1.807, 2.05) is 24.3 Å². The minimum atomic E-state index is 0.814. The van der Waals surface area contributed by atoms with Gasteiger partial charge in [0, 0.05) is 73.9 Å². The molecule has 0 aliphatic rings. The average Bonchev–Trinajstić information content (AvgIpc) is 3.85. The fourth-order valence-electron chi connectivity index (χ4n) is 8.33. The molecule has 0 aliphatic heterocycles. The van der Waals surface area contributed by atoms with E-state index in [4.69, 9.17) is 8.83 Å². The van der Waals surface area contributed by atoms with Crippen LogP contribution in [0.2, 0.25) is 0 Å². The van der Waals surface area contributed by atoms with Crippen LogP contribution in [0, 0.1) is 0 Å². The second-order valence-electron chi connectivity index (χ2n) is 14.5. The predicted molar refractivity (Wildman–Crippen MR) is 241 cm³/mol. The summed E-state index contributed by atoms with van der Waals surface area (Å²) < 4.78 is 13.2. The van der Waals surface area contributed by atoms with Crippen LogP contribution in [0.25, 0.3) is 66.1 Å². The van der Waals surface area contributed by atoms with E-state index >= 15 is 0 Å². The Bertz CT molecular complexity index is 3190. The molecule has 0 amide bonds. The number of fused-ring (bicyclic) bond motifs is 6. The molecular weight excluding hydrogens is 709 g/mol. The fourth-order valence-corrected chi connectivity index (χ4v) is 8.33. The van der Waals surface area contributed by atoms with Gasteiger partial charge in [-0.1, -0.05) is 121 Å². The maximum atomic E-state index is 6.79. The monoisotopic (exact) mass is 744 g/mol. The van der Waals surface area contributed by atoms with Crippen LogP contribution in [0.15, 0.2) is 227 Å². The van der Waals surface area contributed by atoms with Crippen molar-refractivity contribution in [3.05, 3.63) is 218 Å². The maximum Gasteiger partial charge on any atom is 0.137 e. The van der Waals surface area contributed by atoms with Crippen LogP contribution in [0.1, 0.15) is 0 Å². The zero-order chi connectivity index (χ0) is 38.4. The van der Waals surface area contributed by atoms with Crippen LogP contribution in [0.3, 0.4) is 0 Å². The molecule has 0 unspecified atom stereocenters. The first-order chi connectivity index (χ1) is 28.7. The summed E-state index contributed by atoms with van der Waals surface area (Å²) in [6.07, 6.45) is 0. The number of rotatable bonds is 8. The molecular formula is C54H36N2O2.